The van der Waals surface area contributed by atoms with Gasteiger partial charge in [0.05, 0.1) is 23.6 Å². The third-order valence-electron chi connectivity index (χ3n) is 5.11. The highest BCUT2D eigenvalue weighted by Crippen LogP contribution is 2.26. The Morgan fingerprint density at radius 1 is 1.03 bits per heavy atom. The first kappa shape index (κ1) is 20.5. The van der Waals surface area contributed by atoms with E-state index in [4.69, 9.17) is 0 Å². The highest BCUT2D eigenvalue weighted by molar-refractivity contribution is 5.99. The number of carbonyl (C=O) groups excluding carboxylic acids is 1. The van der Waals surface area contributed by atoms with Crippen molar-refractivity contribution in [3.63, 3.8) is 0 Å². The van der Waals surface area contributed by atoms with E-state index in [9.17, 15) is 4.79 Å². The zero-order chi connectivity index (χ0) is 22.6. The van der Waals surface area contributed by atoms with Gasteiger partial charge in [0.2, 0.25) is 11.9 Å². The molecule has 4 N–H and O–H groups in total. The maximum atomic E-state index is 11.6. The van der Waals surface area contributed by atoms with Crippen molar-refractivity contribution in [2.45, 2.75) is 6.04 Å². The van der Waals surface area contributed by atoms with Crippen LogP contribution in [-0.2, 0) is 4.79 Å². The lowest BCUT2D eigenvalue weighted by atomic mass is 10.1. The first-order valence-electron chi connectivity index (χ1n) is 10.4. The molecule has 33 heavy (non-hydrogen) atoms. The first-order valence-corrected chi connectivity index (χ1v) is 10.4. The van der Waals surface area contributed by atoms with Crippen molar-refractivity contribution < 1.29 is 4.79 Å². The van der Waals surface area contributed by atoms with E-state index in [0.717, 1.165) is 30.0 Å². The summed E-state index contributed by atoms with van der Waals surface area (Å²) in [7, 11) is 0. The highest BCUT2D eigenvalue weighted by Gasteiger charge is 2.16. The maximum absolute atomic E-state index is 11.6. The van der Waals surface area contributed by atoms with Crippen LogP contribution >= 0.6 is 0 Å². The molecule has 164 valence electrons. The molecule has 1 fully saturated rings. The minimum Gasteiger partial charge on any atom is -0.365 e. The predicted octanol–water partition coefficient (Wildman–Crippen LogP) is 2.73. The average Bonchev–Trinajstić information content (AvgIpc) is 2.82. The number of fused-ring (bicyclic) bond motifs is 1. The van der Waals surface area contributed by atoms with E-state index in [0.29, 0.717) is 34.6 Å². The van der Waals surface area contributed by atoms with Gasteiger partial charge in [-0.1, -0.05) is 6.58 Å². The Balaban J connectivity index is 1.41. The molecule has 1 saturated heterocycles. The molecule has 1 aliphatic rings. The van der Waals surface area contributed by atoms with Gasteiger partial charge in [0.1, 0.15) is 17.0 Å². The van der Waals surface area contributed by atoms with Crippen molar-refractivity contribution >= 4 is 40.0 Å². The number of hydrogen-bond donors (Lipinski definition) is 4. The average molecular weight is 439 g/mol. The van der Waals surface area contributed by atoms with Crippen molar-refractivity contribution in [3.8, 4) is 11.4 Å². The second-order valence-electron chi connectivity index (χ2n) is 7.47. The Hall–Kier alpha value is -4.44. The number of amides is 1. The van der Waals surface area contributed by atoms with Crippen LogP contribution in [0.15, 0.2) is 67.8 Å². The standard InChI is InChI=1S/C23H21N9O/c1-2-20(33)30-15-6-8-25-18(9-15)22-21-14(5-7-26-22)10-28-23(32-21)31-16-3-4-19(27-13-16)29-17-11-24-12-17/h2-10,13,17,24H,1,11-12H2,(H,27,29)(H,25,30,33)(H,28,31,32). The summed E-state index contributed by atoms with van der Waals surface area (Å²) in [5, 5.41) is 13.3. The van der Waals surface area contributed by atoms with E-state index >= 15 is 0 Å². The Kier molecular flexibility index (Phi) is 5.56. The SMILES string of the molecule is C=CC(=O)Nc1ccnc(-c2nccc3cnc(Nc4ccc(NC5CNC5)nc4)nc23)c1. The second kappa shape index (κ2) is 8.97. The monoisotopic (exact) mass is 439 g/mol. The molecule has 0 radical (unpaired) electrons. The Labute approximate surface area is 189 Å². The molecule has 0 unspecified atom stereocenters. The van der Waals surface area contributed by atoms with Crippen LogP contribution in [0.1, 0.15) is 0 Å². The lowest BCUT2D eigenvalue weighted by molar-refractivity contribution is -0.111. The van der Waals surface area contributed by atoms with Crippen LogP contribution in [0.25, 0.3) is 22.3 Å². The van der Waals surface area contributed by atoms with E-state index in [1.807, 2.05) is 18.2 Å². The Bertz CT molecular complexity index is 1320. The molecule has 1 amide bonds. The summed E-state index contributed by atoms with van der Waals surface area (Å²) >= 11 is 0. The topological polar surface area (TPSA) is 130 Å². The quantitative estimate of drug-likeness (QED) is 0.321. The van der Waals surface area contributed by atoms with Gasteiger partial charge >= 0.3 is 0 Å². The zero-order valence-electron chi connectivity index (χ0n) is 17.6. The van der Waals surface area contributed by atoms with Crippen molar-refractivity contribution in [2.75, 3.05) is 29.0 Å². The van der Waals surface area contributed by atoms with E-state index in [1.165, 1.54) is 6.08 Å². The zero-order valence-corrected chi connectivity index (χ0v) is 17.6. The van der Waals surface area contributed by atoms with E-state index in [2.05, 4.69) is 52.8 Å². The molecule has 10 heteroatoms. The van der Waals surface area contributed by atoms with Gasteiger partial charge in [-0.25, -0.2) is 15.0 Å². The number of pyridine rings is 3. The van der Waals surface area contributed by atoms with Crippen LogP contribution < -0.4 is 21.3 Å². The van der Waals surface area contributed by atoms with Gasteiger partial charge in [-0.2, -0.15) is 0 Å². The molecule has 1 aliphatic heterocycles. The number of rotatable bonds is 7. The predicted molar refractivity (Wildman–Crippen MR) is 127 cm³/mol. The summed E-state index contributed by atoms with van der Waals surface area (Å²) in [5.74, 6) is 0.942. The van der Waals surface area contributed by atoms with E-state index in [1.54, 1.807) is 36.9 Å². The lowest BCUT2D eigenvalue weighted by Crippen LogP contribution is -2.51. The highest BCUT2D eigenvalue weighted by atomic mass is 16.1. The smallest absolute Gasteiger partial charge is 0.247 e. The summed E-state index contributed by atoms with van der Waals surface area (Å²) in [6.45, 7) is 5.36. The van der Waals surface area contributed by atoms with Gasteiger partial charge in [0.15, 0.2) is 0 Å². The van der Waals surface area contributed by atoms with Gasteiger partial charge in [-0.15, -0.1) is 0 Å². The minimum atomic E-state index is -0.300. The van der Waals surface area contributed by atoms with Crippen molar-refractivity contribution in [1.29, 1.82) is 0 Å². The molecule has 5 heterocycles. The van der Waals surface area contributed by atoms with Crippen LogP contribution in [0.5, 0.6) is 0 Å². The number of hydrogen-bond acceptors (Lipinski definition) is 9. The minimum absolute atomic E-state index is 0.300. The molecular weight excluding hydrogens is 418 g/mol. The van der Waals surface area contributed by atoms with Gasteiger partial charge in [0.25, 0.3) is 0 Å². The fourth-order valence-corrected chi connectivity index (χ4v) is 3.32. The second-order valence-corrected chi connectivity index (χ2v) is 7.47. The number of anilines is 4. The molecule has 0 aliphatic carbocycles. The molecule has 0 aromatic carbocycles. The number of nitrogens with zero attached hydrogens (tertiary/aromatic N) is 5. The first-order chi connectivity index (χ1) is 16.2. The molecule has 4 aromatic heterocycles. The Morgan fingerprint density at radius 2 is 1.91 bits per heavy atom. The van der Waals surface area contributed by atoms with Gasteiger partial charge in [0, 0.05) is 42.8 Å². The molecule has 5 rings (SSSR count). The van der Waals surface area contributed by atoms with Crippen LogP contribution in [-0.4, -0.2) is 50.0 Å². The van der Waals surface area contributed by atoms with Crippen molar-refractivity contribution in [1.82, 2.24) is 30.2 Å². The van der Waals surface area contributed by atoms with E-state index in [-0.39, 0.29) is 5.91 Å². The van der Waals surface area contributed by atoms with Crippen molar-refractivity contribution in [2.24, 2.45) is 0 Å². The molecule has 10 nitrogen and oxygen atoms in total. The van der Waals surface area contributed by atoms with Gasteiger partial charge < -0.3 is 21.3 Å². The van der Waals surface area contributed by atoms with Gasteiger partial charge in [-0.05, 0) is 36.4 Å². The normalized spacial score (nSPS) is 13.2. The number of aromatic nitrogens is 5. The summed E-state index contributed by atoms with van der Waals surface area (Å²) in [6.07, 6.45) is 7.96. The molecule has 4 aromatic rings. The molecule has 0 spiro atoms. The van der Waals surface area contributed by atoms with Crippen LogP contribution in [0, 0.1) is 0 Å². The molecule has 0 bridgehead atoms. The summed E-state index contributed by atoms with van der Waals surface area (Å²) in [6, 6.07) is 9.54. The number of carbonyl (C=O) groups is 1. The van der Waals surface area contributed by atoms with Crippen LogP contribution in [0.4, 0.5) is 23.1 Å². The van der Waals surface area contributed by atoms with Crippen LogP contribution in [0.2, 0.25) is 0 Å². The fraction of sp³-hybridized carbons (Fsp3) is 0.130. The molecule has 0 atom stereocenters. The lowest BCUT2D eigenvalue weighted by Gasteiger charge is -2.28. The summed E-state index contributed by atoms with van der Waals surface area (Å²) in [4.78, 5) is 34.1. The molecular formula is C23H21N9O. The third kappa shape index (κ3) is 4.60. The van der Waals surface area contributed by atoms with Crippen LogP contribution in [0.3, 0.4) is 0 Å². The summed E-state index contributed by atoms with van der Waals surface area (Å²) < 4.78 is 0. The summed E-state index contributed by atoms with van der Waals surface area (Å²) in [5.41, 5.74) is 3.16. The largest absolute Gasteiger partial charge is 0.365 e. The van der Waals surface area contributed by atoms with Gasteiger partial charge in [-0.3, -0.25) is 14.8 Å². The molecule has 0 saturated carbocycles. The Morgan fingerprint density at radius 3 is 2.67 bits per heavy atom. The number of nitrogens with one attached hydrogen (secondary N) is 4. The maximum Gasteiger partial charge on any atom is 0.247 e. The van der Waals surface area contributed by atoms with Crippen molar-refractivity contribution in [3.05, 3.63) is 67.8 Å². The van der Waals surface area contributed by atoms with E-state index < -0.39 is 0 Å². The fourth-order valence-electron chi connectivity index (χ4n) is 3.32. The third-order valence-corrected chi connectivity index (χ3v) is 5.11.